The van der Waals surface area contributed by atoms with Crippen LogP contribution in [-0.4, -0.2) is 15.6 Å². The third-order valence-corrected chi connectivity index (χ3v) is 2.59. The minimum absolute atomic E-state index is 0.151. The van der Waals surface area contributed by atoms with Crippen LogP contribution < -0.4 is 5.73 Å². The second-order valence-corrected chi connectivity index (χ2v) is 3.84. The number of carbonyl (C=O) groups is 1. The Balaban J connectivity index is 2.39. The number of nitrogen functional groups attached to an aromatic ring is 1. The Bertz CT molecular complexity index is 531. The van der Waals surface area contributed by atoms with Crippen molar-refractivity contribution in [3.63, 3.8) is 0 Å². The largest absolute Gasteiger partial charge is 0.383 e. The Kier molecular flexibility index (Phi) is 2.66. The van der Waals surface area contributed by atoms with Gasteiger partial charge in [0.2, 0.25) is 0 Å². The van der Waals surface area contributed by atoms with E-state index in [1.165, 1.54) is 10.9 Å². The van der Waals surface area contributed by atoms with E-state index in [1.807, 2.05) is 0 Å². The first-order chi connectivity index (χ1) is 7.59. The van der Waals surface area contributed by atoms with Gasteiger partial charge in [-0.1, -0.05) is 11.6 Å². The van der Waals surface area contributed by atoms with E-state index in [2.05, 4.69) is 5.10 Å². The van der Waals surface area contributed by atoms with E-state index in [4.69, 9.17) is 17.3 Å². The van der Waals surface area contributed by atoms with Crippen LogP contribution in [0.5, 0.6) is 0 Å². The lowest BCUT2D eigenvalue weighted by atomic mass is 10.1. The molecule has 0 amide bonds. The fraction of sp³-hybridized carbons (Fsp3) is 0.0909. The molecule has 82 valence electrons. The summed E-state index contributed by atoms with van der Waals surface area (Å²) in [6.45, 7) is 0. The van der Waals surface area contributed by atoms with Crippen LogP contribution in [-0.2, 0) is 7.05 Å². The van der Waals surface area contributed by atoms with E-state index >= 15 is 0 Å². The summed E-state index contributed by atoms with van der Waals surface area (Å²) < 4.78 is 1.46. The molecule has 0 fully saturated rings. The van der Waals surface area contributed by atoms with Gasteiger partial charge in [-0.15, -0.1) is 0 Å². The minimum Gasteiger partial charge on any atom is -0.383 e. The third-order valence-electron chi connectivity index (χ3n) is 2.34. The first-order valence-corrected chi connectivity index (χ1v) is 5.05. The van der Waals surface area contributed by atoms with Crippen LogP contribution in [0.1, 0.15) is 15.9 Å². The highest BCUT2D eigenvalue weighted by molar-refractivity contribution is 6.30. The Morgan fingerprint density at radius 1 is 1.38 bits per heavy atom. The normalized spacial score (nSPS) is 10.4. The Morgan fingerprint density at radius 2 is 2.00 bits per heavy atom. The van der Waals surface area contributed by atoms with Crippen LogP contribution in [0, 0.1) is 0 Å². The zero-order chi connectivity index (χ0) is 11.7. The van der Waals surface area contributed by atoms with E-state index in [0.29, 0.717) is 22.0 Å². The molecule has 1 heterocycles. The van der Waals surface area contributed by atoms with E-state index < -0.39 is 0 Å². The average Bonchev–Trinajstić information content (AvgIpc) is 2.60. The van der Waals surface area contributed by atoms with Crippen LogP contribution in [0.2, 0.25) is 5.02 Å². The number of ketones is 1. The molecule has 0 saturated carbocycles. The van der Waals surface area contributed by atoms with Crippen LogP contribution in [0.3, 0.4) is 0 Å². The van der Waals surface area contributed by atoms with E-state index in [0.717, 1.165) is 0 Å². The number of aromatic nitrogens is 2. The minimum atomic E-state index is -0.151. The highest BCUT2D eigenvalue weighted by Gasteiger charge is 2.15. The summed E-state index contributed by atoms with van der Waals surface area (Å²) in [6.07, 6.45) is 1.46. The van der Waals surface area contributed by atoms with Crippen molar-refractivity contribution < 1.29 is 4.79 Å². The topological polar surface area (TPSA) is 60.9 Å². The van der Waals surface area contributed by atoms with Crippen molar-refractivity contribution in [2.45, 2.75) is 0 Å². The Hall–Kier alpha value is -1.81. The number of carbonyl (C=O) groups excluding carboxylic acids is 1. The molecule has 0 spiro atoms. The van der Waals surface area contributed by atoms with Gasteiger partial charge in [-0.25, -0.2) is 0 Å². The number of hydrogen-bond acceptors (Lipinski definition) is 3. The van der Waals surface area contributed by atoms with Gasteiger partial charge in [-0.2, -0.15) is 5.10 Å². The molecule has 1 aromatic carbocycles. The summed E-state index contributed by atoms with van der Waals surface area (Å²) >= 11 is 5.75. The number of nitrogens with zero attached hydrogens (tertiary/aromatic N) is 2. The number of aryl methyl sites for hydroxylation is 1. The molecular weight excluding hydrogens is 226 g/mol. The lowest BCUT2D eigenvalue weighted by molar-refractivity contribution is 0.103. The molecule has 4 nitrogen and oxygen atoms in total. The van der Waals surface area contributed by atoms with Gasteiger partial charge in [0.05, 0.1) is 11.8 Å². The van der Waals surface area contributed by atoms with Crippen LogP contribution in [0.4, 0.5) is 5.82 Å². The number of rotatable bonds is 2. The predicted molar refractivity (Wildman–Crippen MR) is 62.5 cm³/mol. The number of benzene rings is 1. The maximum atomic E-state index is 12.0. The fourth-order valence-corrected chi connectivity index (χ4v) is 1.50. The van der Waals surface area contributed by atoms with Gasteiger partial charge < -0.3 is 5.73 Å². The lowest BCUT2D eigenvalue weighted by Crippen LogP contribution is -2.05. The summed E-state index contributed by atoms with van der Waals surface area (Å²) in [5.41, 5.74) is 6.68. The third kappa shape index (κ3) is 1.79. The van der Waals surface area contributed by atoms with Gasteiger partial charge >= 0.3 is 0 Å². The molecule has 2 N–H and O–H groups in total. The van der Waals surface area contributed by atoms with E-state index in [9.17, 15) is 4.79 Å². The van der Waals surface area contributed by atoms with Crippen LogP contribution in [0.15, 0.2) is 30.5 Å². The molecule has 0 unspecified atom stereocenters. The second-order valence-electron chi connectivity index (χ2n) is 3.40. The molecule has 5 heteroatoms. The van der Waals surface area contributed by atoms with Gasteiger partial charge in [-0.3, -0.25) is 9.48 Å². The van der Waals surface area contributed by atoms with Gasteiger partial charge in [0.1, 0.15) is 5.82 Å². The molecule has 0 bridgehead atoms. The zero-order valence-corrected chi connectivity index (χ0v) is 9.40. The number of halogens is 1. The van der Waals surface area contributed by atoms with Gasteiger partial charge in [0.15, 0.2) is 5.78 Å². The number of nitrogens with two attached hydrogens (primary N) is 1. The molecular formula is C11H10ClN3O. The first-order valence-electron chi connectivity index (χ1n) is 4.67. The standard InChI is InChI=1S/C11H10ClN3O/c1-15-11(13)9(6-14-15)10(16)7-2-4-8(12)5-3-7/h2-6H,13H2,1H3. The van der Waals surface area contributed by atoms with E-state index in [1.54, 1.807) is 31.3 Å². The molecule has 16 heavy (non-hydrogen) atoms. The van der Waals surface area contributed by atoms with Crippen molar-refractivity contribution in [3.8, 4) is 0 Å². The molecule has 2 aromatic rings. The summed E-state index contributed by atoms with van der Waals surface area (Å²) in [5, 5.41) is 4.52. The van der Waals surface area contributed by atoms with Crippen molar-refractivity contribution in [2.24, 2.45) is 7.05 Å². The maximum Gasteiger partial charge on any atom is 0.198 e. The first kappa shape index (κ1) is 10.7. The molecule has 0 saturated heterocycles. The van der Waals surface area contributed by atoms with Crippen molar-refractivity contribution in [3.05, 3.63) is 46.6 Å². The molecule has 0 radical (unpaired) electrons. The van der Waals surface area contributed by atoms with Crippen LogP contribution in [0.25, 0.3) is 0 Å². The lowest BCUT2D eigenvalue weighted by Gasteiger charge is -2.00. The van der Waals surface area contributed by atoms with Crippen molar-refractivity contribution in [2.75, 3.05) is 5.73 Å². The number of hydrogen-bond donors (Lipinski definition) is 1. The monoisotopic (exact) mass is 235 g/mol. The highest BCUT2D eigenvalue weighted by atomic mass is 35.5. The smallest absolute Gasteiger partial charge is 0.198 e. The maximum absolute atomic E-state index is 12.0. The summed E-state index contributed by atoms with van der Waals surface area (Å²) in [7, 11) is 1.69. The molecule has 2 rings (SSSR count). The summed E-state index contributed by atoms with van der Waals surface area (Å²) in [5.74, 6) is 0.210. The molecule has 0 aliphatic heterocycles. The van der Waals surface area contributed by atoms with Crippen molar-refractivity contribution >= 4 is 23.2 Å². The van der Waals surface area contributed by atoms with Crippen molar-refractivity contribution in [1.82, 2.24) is 9.78 Å². The predicted octanol–water partition coefficient (Wildman–Crippen LogP) is 1.89. The van der Waals surface area contributed by atoms with Crippen LogP contribution >= 0.6 is 11.6 Å². The van der Waals surface area contributed by atoms with Crippen molar-refractivity contribution in [1.29, 1.82) is 0 Å². The van der Waals surface area contributed by atoms with Gasteiger partial charge in [0, 0.05) is 17.6 Å². The molecule has 1 aromatic heterocycles. The zero-order valence-electron chi connectivity index (χ0n) is 8.64. The number of anilines is 1. The van der Waals surface area contributed by atoms with E-state index in [-0.39, 0.29) is 5.78 Å². The quantitative estimate of drug-likeness (QED) is 0.809. The van der Waals surface area contributed by atoms with Gasteiger partial charge in [0.25, 0.3) is 0 Å². The molecule has 0 aliphatic rings. The highest BCUT2D eigenvalue weighted by Crippen LogP contribution is 2.17. The summed E-state index contributed by atoms with van der Waals surface area (Å²) in [6, 6.07) is 6.66. The Labute approximate surface area is 97.6 Å². The second kappa shape index (κ2) is 3.98. The molecule has 0 aliphatic carbocycles. The van der Waals surface area contributed by atoms with Gasteiger partial charge in [-0.05, 0) is 24.3 Å². The molecule has 0 atom stereocenters. The summed E-state index contributed by atoms with van der Waals surface area (Å²) in [4.78, 5) is 12.0. The average molecular weight is 236 g/mol. The Morgan fingerprint density at radius 3 is 2.50 bits per heavy atom. The fourth-order valence-electron chi connectivity index (χ4n) is 1.38. The SMILES string of the molecule is Cn1ncc(C(=O)c2ccc(Cl)cc2)c1N.